The predicted molar refractivity (Wildman–Crippen MR) is 115 cm³/mol. The highest BCUT2D eigenvalue weighted by molar-refractivity contribution is 5.94. The van der Waals surface area contributed by atoms with Crippen molar-refractivity contribution in [3.63, 3.8) is 0 Å². The molecule has 2 aliphatic rings. The number of aromatic nitrogens is 1. The zero-order valence-corrected chi connectivity index (χ0v) is 18.1. The minimum atomic E-state index is -4.41. The largest absolute Gasteiger partial charge is 0.416 e. The van der Waals surface area contributed by atoms with Gasteiger partial charge >= 0.3 is 6.18 Å². The number of amides is 1. The van der Waals surface area contributed by atoms with Crippen LogP contribution in [0.15, 0.2) is 36.5 Å². The Kier molecular flexibility index (Phi) is 6.53. The molecule has 0 radical (unpaired) electrons. The lowest BCUT2D eigenvalue weighted by molar-refractivity contribution is -0.137. The van der Waals surface area contributed by atoms with Gasteiger partial charge < -0.3 is 10.0 Å². The van der Waals surface area contributed by atoms with Gasteiger partial charge in [0, 0.05) is 36.9 Å². The first-order valence-electron chi connectivity index (χ1n) is 11.1. The van der Waals surface area contributed by atoms with E-state index in [0.717, 1.165) is 44.4 Å². The zero-order valence-electron chi connectivity index (χ0n) is 18.1. The zero-order chi connectivity index (χ0) is 22.9. The van der Waals surface area contributed by atoms with Gasteiger partial charge in [0.05, 0.1) is 12.2 Å². The number of likely N-dealkylation sites (tertiary alicyclic amines) is 2. The van der Waals surface area contributed by atoms with Crippen molar-refractivity contribution in [2.24, 2.45) is 0 Å². The van der Waals surface area contributed by atoms with Crippen LogP contribution < -0.4 is 0 Å². The quantitative estimate of drug-likeness (QED) is 0.766. The van der Waals surface area contributed by atoms with E-state index in [2.05, 4.69) is 9.88 Å². The van der Waals surface area contributed by atoms with Crippen LogP contribution in [-0.4, -0.2) is 64.1 Å². The monoisotopic (exact) mass is 447 g/mol. The Morgan fingerprint density at radius 3 is 2.53 bits per heavy atom. The molecule has 5 nitrogen and oxygen atoms in total. The van der Waals surface area contributed by atoms with Crippen LogP contribution in [0.2, 0.25) is 0 Å². The molecule has 0 bridgehead atoms. The van der Waals surface area contributed by atoms with Gasteiger partial charge in [0.25, 0.3) is 5.91 Å². The molecular formula is C24H28F3N3O2. The van der Waals surface area contributed by atoms with Crippen LogP contribution in [0, 0.1) is 6.92 Å². The maximum absolute atomic E-state index is 13.1. The Bertz CT molecular complexity index is 971. The summed E-state index contributed by atoms with van der Waals surface area (Å²) in [5.41, 5.74) is 1.24. The molecule has 0 aliphatic carbocycles. The van der Waals surface area contributed by atoms with E-state index < -0.39 is 11.7 Å². The Morgan fingerprint density at radius 1 is 1.12 bits per heavy atom. The van der Waals surface area contributed by atoms with Gasteiger partial charge in [-0.1, -0.05) is 12.1 Å². The molecule has 1 amide bonds. The maximum atomic E-state index is 13.1. The van der Waals surface area contributed by atoms with E-state index >= 15 is 0 Å². The number of hydrogen-bond donors (Lipinski definition) is 1. The molecule has 2 saturated heterocycles. The summed E-state index contributed by atoms with van der Waals surface area (Å²) in [5, 5.41) is 9.58. The molecule has 1 aromatic heterocycles. The van der Waals surface area contributed by atoms with Gasteiger partial charge in [-0.15, -0.1) is 0 Å². The van der Waals surface area contributed by atoms with Crippen LogP contribution in [0.3, 0.4) is 0 Å². The Morgan fingerprint density at radius 2 is 1.88 bits per heavy atom. The molecule has 1 unspecified atom stereocenters. The molecule has 2 fully saturated rings. The first-order valence-corrected chi connectivity index (χ1v) is 11.1. The van der Waals surface area contributed by atoms with Crippen LogP contribution in [0.4, 0.5) is 13.2 Å². The lowest BCUT2D eigenvalue weighted by Crippen LogP contribution is -2.49. The molecule has 1 atom stereocenters. The smallest absolute Gasteiger partial charge is 0.395 e. The predicted octanol–water partition coefficient (Wildman–Crippen LogP) is 4.14. The molecule has 32 heavy (non-hydrogen) atoms. The van der Waals surface area contributed by atoms with Crippen molar-refractivity contribution in [3.05, 3.63) is 53.3 Å². The highest BCUT2D eigenvalue weighted by Crippen LogP contribution is 2.32. The summed E-state index contributed by atoms with van der Waals surface area (Å²) in [4.78, 5) is 21.6. The fourth-order valence-electron chi connectivity index (χ4n) is 4.92. The summed E-state index contributed by atoms with van der Waals surface area (Å²) < 4.78 is 39.1. The van der Waals surface area contributed by atoms with Crippen molar-refractivity contribution in [2.45, 2.75) is 50.9 Å². The number of piperidine rings is 1. The average molecular weight is 448 g/mol. The Hall–Kier alpha value is -2.45. The summed E-state index contributed by atoms with van der Waals surface area (Å²) >= 11 is 0. The molecule has 0 spiro atoms. The Balaban J connectivity index is 1.44. The molecule has 0 saturated carbocycles. The summed E-state index contributed by atoms with van der Waals surface area (Å²) in [6, 6.07) is 7.45. The molecule has 172 valence electrons. The van der Waals surface area contributed by atoms with Crippen molar-refractivity contribution in [2.75, 3.05) is 26.2 Å². The van der Waals surface area contributed by atoms with E-state index in [1.165, 1.54) is 12.3 Å². The highest BCUT2D eigenvalue weighted by atomic mass is 19.4. The molecule has 4 rings (SSSR count). The fraction of sp³-hybridized carbons (Fsp3) is 0.500. The van der Waals surface area contributed by atoms with Crippen LogP contribution in [0.25, 0.3) is 11.1 Å². The van der Waals surface area contributed by atoms with Gasteiger partial charge in [-0.2, -0.15) is 13.2 Å². The van der Waals surface area contributed by atoms with E-state index in [0.29, 0.717) is 41.5 Å². The highest BCUT2D eigenvalue weighted by Gasteiger charge is 2.34. The summed E-state index contributed by atoms with van der Waals surface area (Å²) in [6.45, 7) is 4.21. The number of aliphatic hydroxyl groups excluding tert-OH is 1. The van der Waals surface area contributed by atoms with Crippen LogP contribution in [0.1, 0.15) is 47.3 Å². The normalized spacial score (nSPS) is 20.7. The molecule has 1 aromatic carbocycles. The number of pyridine rings is 1. The van der Waals surface area contributed by atoms with Crippen molar-refractivity contribution in [1.29, 1.82) is 0 Å². The first-order chi connectivity index (χ1) is 15.3. The molecule has 3 heterocycles. The maximum Gasteiger partial charge on any atom is 0.416 e. The third-order valence-corrected chi connectivity index (χ3v) is 6.66. The first kappa shape index (κ1) is 22.7. The molecule has 1 N–H and O–H groups in total. The van der Waals surface area contributed by atoms with Crippen molar-refractivity contribution >= 4 is 5.91 Å². The van der Waals surface area contributed by atoms with Crippen molar-refractivity contribution in [3.8, 4) is 11.1 Å². The van der Waals surface area contributed by atoms with Crippen molar-refractivity contribution < 1.29 is 23.1 Å². The van der Waals surface area contributed by atoms with Gasteiger partial charge in [0.15, 0.2) is 0 Å². The number of rotatable bonds is 4. The standard InChI is InChI=1S/C24H28F3N3O2/c1-16-12-18(17-4-2-5-19(13-17)24(25,26)27)14-28-22(16)23(32)29-10-7-20(8-11-29)30-9-3-6-21(30)15-31/h2,4-5,12-14,20-21,31H,3,6-11,15H2,1H3. The summed E-state index contributed by atoms with van der Waals surface area (Å²) in [5.74, 6) is -0.142. The number of carbonyl (C=O) groups is 1. The Labute approximate surface area is 185 Å². The van der Waals surface area contributed by atoms with Gasteiger partial charge in [-0.3, -0.25) is 14.7 Å². The SMILES string of the molecule is Cc1cc(-c2cccc(C(F)(F)F)c2)cnc1C(=O)N1CCC(N2CCCC2CO)CC1. The number of hydrogen-bond acceptors (Lipinski definition) is 4. The van der Waals surface area contributed by atoms with Crippen LogP contribution >= 0.6 is 0 Å². The van der Waals surface area contributed by atoms with E-state index in [9.17, 15) is 23.1 Å². The number of alkyl halides is 3. The van der Waals surface area contributed by atoms with E-state index in [-0.39, 0.29) is 18.6 Å². The lowest BCUT2D eigenvalue weighted by atomic mass is 10.00. The summed E-state index contributed by atoms with van der Waals surface area (Å²) in [6.07, 6.45) is 0.918. The number of aliphatic hydroxyl groups is 1. The second kappa shape index (κ2) is 9.19. The molecule has 2 aromatic rings. The van der Waals surface area contributed by atoms with E-state index in [1.807, 2.05) is 0 Å². The number of aryl methyl sites for hydroxylation is 1. The fourth-order valence-corrected chi connectivity index (χ4v) is 4.92. The van der Waals surface area contributed by atoms with E-state index in [4.69, 9.17) is 0 Å². The van der Waals surface area contributed by atoms with Crippen molar-refractivity contribution in [1.82, 2.24) is 14.8 Å². The second-order valence-corrected chi connectivity index (χ2v) is 8.71. The third-order valence-electron chi connectivity index (χ3n) is 6.66. The molecular weight excluding hydrogens is 419 g/mol. The van der Waals surface area contributed by atoms with Crippen LogP contribution in [-0.2, 0) is 6.18 Å². The van der Waals surface area contributed by atoms with Crippen LogP contribution in [0.5, 0.6) is 0 Å². The van der Waals surface area contributed by atoms with Gasteiger partial charge in [0.2, 0.25) is 0 Å². The number of nitrogens with zero attached hydrogens (tertiary/aromatic N) is 3. The summed E-state index contributed by atoms with van der Waals surface area (Å²) in [7, 11) is 0. The van der Waals surface area contributed by atoms with E-state index in [1.54, 1.807) is 24.0 Å². The minimum absolute atomic E-state index is 0.142. The third kappa shape index (κ3) is 4.66. The number of carbonyl (C=O) groups excluding carboxylic acids is 1. The minimum Gasteiger partial charge on any atom is -0.395 e. The second-order valence-electron chi connectivity index (χ2n) is 8.71. The van der Waals surface area contributed by atoms with Gasteiger partial charge in [0.1, 0.15) is 5.69 Å². The van der Waals surface area contributed by atoms with Gasteiger partial charge in [-0.05, 0) is 68.5 Å². The average Bonchev–Trinajstić information content (AvgIpc) is 3.27. The molecule has 2 aliphatic heterocycles. The number of benzene rings is 1. The lowest BCUT2D eigenvalue weighted by Gasteiger charge is -2.39. The van der Waals surface area contributed by atoms with Gasteiger partial charge in [-0.25, -0.2) is 0 Å². The number of halogens is 3. The topological polar surface area (TPSA) is 56.7 Å². The molecule has 8 heteroatoms.